The van der Waals surface area contributed by atoms with Crippen LogP contribution in [0, 0.1) is 6.92 Å². The molecule has 2 aromatic rings. The van der Waals surface area contributed by atoms with Crippen molar-refractivity contribution < 1.29 is 0 Å². The molecule has 88 valence electrons. The van der Waals surface area contributed by atoms with E-state index in [0.29, 0.717) is 10.8 Å². The predicted molar refractivity (Wildman–Crippen MR) is 66.8 cm³/mol. The Hall–Kier alpha value is -2.02. The van der Waals surface area contributed by atoms with Gasteiger partial charge in [0, 0.05) is 6.07 Å². The maximum atomic E-state index is 11.2. The van der Waals surface area contributed by atoms with Crippen LogP contribution in [0.5, 0.6) is 0 Å². The first kappa shape index (κ1) is 11.5. The van der Waals surface area contributed by atoms with Gasteiger partial charge in [-0.2, -0.15) is 0 Å². The van der Waals surface area contributed by atoms with E-state index in [1.807, 2.05) is 6.92 Å². The van der Waals surface area contributed by atoms with Crippen LogP contribution in [0.15, 0.2) is 33.3 Å². The van der Waals surface area contributed by atoms with Crippen LogP contribution >= 0.6 is 11.8 Å². The highest BCUT2D eigenvalue weighted by Crippen LogP contribution is 2.26. The first-order chi connectivity index (χ1) is 8.04. The minimum Gasteiger partial charge on any atom is -0.397 e. The minimum absolute atomic E-state index is 0.185. The molecule has 17 heavy (non-hydrogen) atoms. The van der Waals surface area contributed by atoms with Gasteiger partial charge in [0.05, 0.1) is 11.9 Å². The van der Waals surface area contributed by atoms with Gasteiger partial charge in [-0.05, 0) is 30.3 Å². The molecule has 5 N–H and O–H groups in total. The maximum absolute atomic E-state index is 11.2. The number of H-pyrrole nitrogens is 1. The van der Waals surface area contributed by atoms with E-state index in [0.717, 1.165) is 10.6 Å². The summed E-state index contributed by atoms with van der Waals surface area (Å²) in [6, 6.07) is 3.03. The van der Waals surface area contributed by atoms with Crippen LogP contribution in [0.3, 0.4) is 0 Å². The lowest BCUT2D eigenvalue weighted by atomic mass is 10.3. The standard InChI is InChI=1S/C10H11N5OS/c1-5-2-6(11)4-13-9(5)17-10-14-7(12)3-8(16)15-10/h2-4H,11H2,1H3,(H3,12,14,15,16). The molecule has 0 aromatic carbocycles. The molecule has 2 aromatic heterocycles. The summed E-state index contributed by atoms with van der Waals surface area (Å²) >= 11 is 1.24. The van der Waals surface area contributed by atoms with E-state index in [9.17, 15) is 4.79 Å². The second-order valence-corrected chi connectivity index (χ2v) is 4.45. The van der Waals surface area contributed by atoms with Crippen molar-refractivity contribution in [3.05, 3.63) is 34.2 Å². The van der Waals surface area contributed by atoms with Gasteiger partial charge in [0.15, 0.2) is 5.16 Å². The number of hydrogen-bond donors (Lipinski definition) is 3. The lowest BCUT2D eigenvalue weighted by Crippen LogP contribution is -2.09. The average molecular weight is 249 g/mol. The number of rotatable bonds is 2. The van der Waals surface area contributed by atoms with Gasteiger partial charge in [0.2, 0.25) is 0 Å². The Morgan fingerprint density at radius 1 is 1.35 bits per heavy atom. The Labute approximate surface area is 101 Å². The van der Waals surface area contributed by atoms with Gasteiger partial charge in [-0.15, -0.1) is 0 Å². The third kappa shape index (κ3) is 2.76. The van der Waals surface area contributed by atoms with Gasteiger partial charge in [0.25, 0.3) is 5.56 Å². The molecule has 0 atom stereocenters. The quantitative estimate of drug-likeness (QED) is 0.678. The number of nitrogen functional groups attached to an aromatic ring is 2. The lowest BCUT2D eigenvalue weighted by Gasteiger charge is -2.04. The topological polar surface area (TPSA) is 111 Å². The van der Waals surface area contributed by atoms with Crippen molar-refractivity contribution in [2.24, 2.45) is 0 Å². The number of anilines is 2. The van der Waals surface area contributed by atoms with E-state index in [-0.39, 0.29) is 11.4 Å². The molecule has 0 saturated carbocycles. The number of nitrogens with zero attached hydrogens (tertiary/aromatic N) is 2. The van der Waals surface area contributed by atoms with Crippen molar-refractivity contribution in [3.63, 3.8) is 0 Å². The van der Waals surface area contributed by atoms with E-state index in [1.54, 1.807) is 12.3 Å². The van der Waals surface area contributed by atoms with Crippen molar-refractivity contribution >= 4 is 23.3 Å². The predicted octanol–water partition coefficient (Wildman–Crippen LogP) is 0.789. The number of aryl methyl sites for hydroxylation is 1. The van der Waals surface area contributed by atoms with Crippen molar-refractivity contribution in [2.45, 2.75) is 17.1 Å². The van der Waals surface area contributed by atoms with Gasteiger partial charge in [-0.1, -0.05) is 0 Å². The smallest absolute Gasteiger partial charge is 0.253 e. The highest BCUT2D eigenvalue weighted by molar-refractivity contribution is 7.99. The molecule has 0 spiro atoms. The van der Waals surface area contributed by atoms with Crippen LogP contribution in [0.25, 0.3) is 0 Å². The van der Waals surface area contributed by atoms with Gasteiger partial charge >= 0.3 is 0 Å². The highest BCUT2D eigenvalue weighted by atomic mass is 32.2. The molecule has 0 saturated heterocycles. The first-order valence-electron chi connectivity index (χ1n) is 4.81. The number of nitrogens with two attached hydrogens (primary N) is 2. The zero-order valence-electron chi connectivity index (χ0n) is 9.10. The summed E-state index contributed by atoms with van der Waals surface area (Å²) in [6.07, 6.45) is 1.56. The molecule has 0 aliphatic carbocycles. The minimum atomic E-state index is -0.284. The Bertz CT molecular complexity index is 610. The van der Waals surface area contributed by atoms with E-state index >= 15 is 0 Å². The number of aromatic nitrogens is 3. The van der Waals surface area contributed by atoms with Crippen molar-refractivity contribution in [3.8, 4) is 0 Å². The highest BCUT2D eigenvalue weighted by Gasteiger charge is 2.06. The molecule has 0 unspecified atom stereocenters. The average Bonchev–Trinajstić information content (AvgIpc) is 2.21. The van der Waals surface area contributed by atoms with E-state index < -0.39 is 0 Å². The Kier molecular flexibility index (Phi) is 3.01. The fourth-order valence-corrected chi connectivity index (χ4v) is 2.10. The molecular formula is C10H11N5OS. The molecule has 2 rings (SSSR count). The molecule has 0 radical (unpaired) electrons. The number of pyridine rings is 1. The van der Waals surface area contributed by atoms with Crippen molar-refractivity contribution in [1.82, 2.24) is 15.0 Å². The molecule has 0 aliphatic heterocycles. The summed E-state index contributed by atoms with van der Waals surface area (Å²) in [4.78, 5) is 22.0. The second-order valence-electron chi connectivity index (χ2n) is 3.47. The molecular weight excluding hydrogens is 238 g/mol. The number of aromatic amines is 1. The van der Waals surface area contributed by atoms with Crippen LogP contribution in [0.1, 0.15) is 5.56 Å². The van der Waals surface area contributed by atoms with Crippen LogP contribution in [-0.4, -0.2) is 15.0 Å². The summed E-state index contributed by atoms with van der Waals surface area (Å²) in [5.41, 5.74) is 12.3. The Balaban J connectivity index is 2.34. The molecule has 2 heterocycles. The summed E-state index contributed by atoms with van der Waals surface area (Å²) in [6.45, 7) is 1.89. The van der Waals surface area contributed by atoms with Gasteiger partial charge in [-0.3, -0.25) is 4.79 Å². The van der Waals surface area contributed by atoms with E-state index in [4.69, 9.17) is 11.5 Å². The molecule has 7 heteroatoms. The van der Waals surface area contributed by atoms with Gasteiger partial charge in [0.1, 0.15) is 10.8 Å². The van der Waals surface area contributed by atoms with E-state index in [2.05, 4.69) is 15.0 Å². The summed E-state index contributed by atoms with van der Waals surface area (Å²) in [5, 5.41) is 1.14. The lowest BCUT2D eigenvalue weighted by molar-refractivity contribution is 0.937. The zero-order chi connectivity index (χ0) is 12.4. The third-order valence-corrected chi connectivity index (χ3v) is 2.99. The molecule has 6 nitrogen and oxygen atoms in total. The first-order valence-corrected chi connectivity index (χ1v) is 5.63. The molecule has 0 bridgehead atoms. The Morgan fingerprint density at radius 2 is 2.12 bits per heavy atom. The zero-order valence-corrected chi connectivity index (χ0v) is 9.91. The molecule has 0 aliphatic rings. The normalized spacial score (nSPS) is 10.4. The van der Waals surface area contributed by atoms with Crippen molar-refractivity contribution in [2.75, 3.05) is 11.5 Å². The van der Waals surface area contributed by atoms with Crippen LogP contribution in [0.2, 0.25) is 0 Å². The van der Waals surface area contributed by atoms with Crippen LogP contribution < -0.4 is 17.0 Å². The molecule has 0 amide bonds. The fraction of sp³-hybridized carbons (Fsp3) is 0.100. The summed E-state index contributed by atoms with van der Waals surface area (Å²) in [5.74, 6) is 0.185. The SMILES string of the molecule is Cc1cc(N)cnc1Sc1nc(N)cc(=O)[nH]1. The van der Waals surface area contributed by atoms with Crippen LogP contribution in [0.4, 0.5) is 11.5 Å². The summed E-state index contributed by atoms with van der Waals surface area (Å²) in [7, 11) is 0. The van der Waals surface area contributed by atoms with Gasteiger partial charge in [-0.25, -0.2) is 9.97 Å². The Morgan fingerprint density at radius 3 is 2.76 bits per heavy atom. The third-order valence-electron chi connectivity index (χ3n) is 1.98. The van der Waals surface area contributed by atoms with E-state index in [1.165, 1.54) is 17.8 Å². The molecule has 0 fully saturated rings. The van der Waals surface area contributed by atoms with Gasteiger partial charge < -0.3 is 16.5 Å². The van der Waals surface area contributed by atoms with Crippen molar-refractivity contribution in [1.29, 1.82) is 0 Å². The number of hydrogen-bond acceptors (Lipinski definition) is 6. The van der Waals surface area contributed by atoms with Crippen LogP contribution in [-0.2, 0) is 0 Å². The largest absolute Gasteiger partial charge is 0.397 e. The summed E-state index contributed by atoms with van der Waals surface area (Å²) < 4.78 is 0. The number of nitrogens with one attached hydrogen (secondary N) is 1. The second kappa shape index (κ2) is 4.46. The maximum Gasteiger partial charge on any atom is 0.253 e. The fourth-order valence-electron chi connectivity index (χ4n) is 1.28. The monoisotopic (exact) mass is 249 g/mol.